The molecule has 206 valence electrons. The zero-order chi connectivity index (χ0) is 27.4. The van der Waals surface area contributed by atoms with Crippen molar-refractivity contribution in [1.82, 2.24) is 14.6 Å². The molecule has 1 N–H and O–H groups in total. The van der Waals surface area contributed by atoms with Crippen molar-refractivity contribution >= 4 is 21.9 Å². The van der Waals surface area contributed by atoms with Gasteiger partial charge in [0.05, 0.1) is 17.4 Å². The number of pyridine rings is 1. The fourth-order valence-electron chi connectivity index (χ4n) is 5.72. The molecule has 0 spiro atoms. The molecule has 0 radical (unpaired) electrons. The lowest BCUT2D eigenvalue weighted by Crippen LogP contribution is -2.59. The number of carbonyl (C=O) groups excluding carboxylic acids is 2. The number of hydrogen-bond acceptors (Lipinski definition) is 6. The maximum Gasteiger partial charge on any atom is 0.326 e. The molecule has 0 saturated carbocycles. The van der Waals surface area contributed by atoms with Crippen molar-refractivity contribution in [3.05, 3.63) is 57.9 Å². The third-order valence-corrected chi connectivity index (χ3v) is 9.24. The summed E-state index contributed by atoms with van der Waals surface area (Å²) in [6.45, 7) is 7.60. The number of likely N-dealkylation sites (tertiary alicyclic amines) is 1. The van der Waals surface area contributed by atoms with E-state index in [9.17, 15) is 18.0 Å². The zero-order valence-electron chi connectivity index (χ0n) is 22.9. The van der Waals surface area contributed by atoms with Gasteiger partial charge in [0.25, 0.3) is 0 Å². The number of nitrogens with one attached hydrogen (secondary N) is 1. The van der Waals surface area contributed by atoms with Crippen LogP contribution < -0.4 is 4.72 Å². The summed E-state index contributed by atoms with van der Waals surface area (Å²) >= 11 is 0. The largest absolute Gasteiger partial charge is 0.465 e. The minimum absolute atomic E-state index is 0.0519. The summed E-state index contributed by atoms with van der Waals surface area (Å²) in [7, 11) is -4.01. The predicted octanol–water partition coefficient (Wildman–Crippen LogP) is 3.58. The molecule has 1 aromatic heterocycles. The topological polar surface area (TPSA) is 106 Å². The van der Waals surface area contributed by atoms with Gasteiger partial charge in [0.2, 0.25) is 15.9 Å². The van der Waals surface area contributed by atoms with E-state index in [1.54, 1.807) is 37.8 Å². The first-order valence-corrected chi connectivity index (χ1v) is 15.1. The number of nitrogens with zero attached hydrogens (tertiary/aromatic N) is 2. The minimum atomic E-state index is -4.01. The Balaban J connectivity index is 1.34. The maximum absolute atomic E-state index is 13.3. The first-order chi connectivity index (χ1) is 18.1. The number of carbonyl (C=O) groups is 2. The Kier molecular flexibility index (Phi) is 8.88. The van der Waals surface area contributed by atoms with E-state index >= 15 is 0 Å². The van der Waals surface area contributed by atoms with Gasteiger partial charge in [-0.25, -0.2) is 8.42 Å². The molecular weight excluding hydrogens is 502 g/mol. The maximum atomic E-state index is 13.3. The van der Waals surface area contributed by atoms with Gasteiger partial charge in [0.1, 0.15) is 6.04 Å². The second-order valence-electron chi connectivity index (χ2n) is 10.6. The van der Waals surface area contributed by atoms with Crippen LogP contribution in [-0.2, 0) is 43.6 Å². The van der Waals surface area contributed by atoms with Gasteiger partial charge < -0.3 is 9.64 Å². The van der Waals surface area contributed by atoms with Crippen molar-refractivity contribution in [3.8, 4) is 0 Å². The molecule has 1 aliphatic carbocycles. The summed E-state index contributed by atoms with van der Waals surface area (Å²) in [5, 5.41) is 0. The third-order valence-electron chi connectivity index (χ3n) is 7.47. The molecule has 2 atom stereocenters. The number of benzene rings is 1. The van der Waals surface area contributed by atoms with Gasteiger partial charge in [-0.2, -0.15) is 4.72 Å². The van der Waals surface area contributed by atoms with Crippen LogP contribution in [0.3, 0.4) is 0 Å². The molecule has 1 unspecified atom stereocenters. The fourth-order valence-corrected chi connectivity index (χ4v) is 7.34. The summed E-state index contributed by atoms with van der Waals surface area (Å²) in [5.74, 6) is -0.860. The molecule has 1 fully saturated rings. The second-order valence-corrected chi connectivity index (χ2v) is 12.3. The van der Waals surface area contributed by atoms with E-state index in [1.807, 2.05) is 6.92 Å². The first-order valence-electron chi connectivity index (χ1n) is 13.6. The number of β-lactam (4-membered cyclic amide) rings is 1. The second kappa shape index (κ2) is 11.9. The third kappa shape index (κ3) is 6.43. The van der Waals surface area contributed by atoms with Crippen LogP contribution in [0.5, 0.6) is 0 Å². The van der Waals surface area contributed by atoms with Gasteiger partial charge in [0.15, 0.2) is 0 Å². The lowest BCUT2D eigenvalue weighted by atomic mass is 9.91. The highest BCUT2D eigenvalue weighted by molar-refractivity contribution is 7.89. The van der Waals surface area contributed by atoms with E-state index < -0.39 is 22.0 Å². The van der Waals surface area contributed by atoms with E-state index in [4.69, 9.17) is 9.72 Å². The molecule has 2 aromatic rings. The SMILES string of the molecule is CCOC(=O)[C@H](CN1CC(CCCc2ccc3c(n2)CCCC3)C1=O)NS(=O)(=O)c1c(C)cc(C)cc1C. The number of hydrogen-bond donors (Lipinski definition) is 1. The molecular formula is C29H39N3O5S. The highest BCUT2D eigenvalue weighted by atomic mass is 32.2. The number of esters is 1. The number of fused-ring (bicyclic) bond motifs is 1. The van der Waals surface area contributed by atoms with Gasteiger partial charge in [-0.3, -0.25) is 14.6 Å². The minimum Gasteiger partial charge on any atom is -0.465 e. The van der Waals surface area contributed by atoms with Crippen LogP contribution in [0.4, 0.5) is 0 Å². The summed E-state index contributed by atoms with van der Waals surface area (Å²) < 4.78 is 34.2. The molecule has 9 heteroatoms. The molecule has 0 bridgehead atoms. The Labute approximate surface area is 226 Å². The monoisotopic (exact) mass is 541 g/mol. The Bertz CT molecular complexity index is 1280. The molecule has 1 saturated heterocycles. The number of ether oxygens (including phenoxy) is 1. The van der Waals surface area contributed by atoms with Gasteiger partial charge in [-0.1, -0.05) is 23.8 Å². The fraction of sp³-hybridized carbons (Fsp3) is 0.552. The van der Waals surface area contributed by atoms with Gasteiger partial charge >= 0.3 is 5.97 Å². The summed E-state index contributed by atoms with van der Waals surface area (Å²) in [6.07, 6.45) is 7.02. The van der Waals surface area contributed by atoms with Crippen LogP contribution in [0.1, 0.15) is 66.2 Å². The van der Waals surface area contributed by atoms with E-state index in [-0.39, 0.29) is 29.9 Å². The standard InChI is InChI=1S/C29H39N3O5S/c1-5-37-29(34)26(31-38(35,36)27-20(3)15-19(2)16-21(27)4)18-32-17-23(28(32)33)10-8-11-24-14-13-22-9-6-7-12-25(22)30-24/h13-16,23,26,31H,5-12,17-18H2,1-4H3/t23?,26-/m0/s1. The highest BCUT2D eigenvalue weighted by Gasteiger charge is 2.40. The van der Waals surface area contributed by atoms with E-state index in [2.05, 4.69) is 16.9 Å². The van der Waals surface area contributed by atoms with E-state index in [0.29, 0.717) is 17.7 Å². The predicted molar refractivity (Wildman–Crippen MR) is 145 cm³/mol. The van der Waals surface area contributed by atoms with Gasteiger partial charge in [-0.15, -0.1) is 0 Å². The zero-order valence-corrected chi connectivity index (χ0v) is 23.7. The Morgan fingerprint density at radius 2 is 1.87 bits per heavy atom. The van der Waals surface area contributed by atoms with Crippen molar-refractivity contribution in [2.45, 2.75) is 83.6 Å². The van der Waals surface area contributed by atoms with Crippen molar-refractivity contribution in [3.63, 3.8) is 0 Å². The number of sulfonamides is 1. The molecule has 2 heterocycles. The van der Waals surface area contributed by atoms with E-state index in [1.165, 1.54) is 24.1 Å². The molecule has 8 nitrogen and oxygen atoms in total. The van der Waals surface area contributed by atoms with Crippen LogP contribution in [0.15, 0.2) is 29.2 Å². The Hall–Kier alpha value is -2.78. The van der Waals surface area contributed by atoms with Gasteiger partial charge in [-0.05, 0) is 95.4 Å². The van der Waals surface area contributed by atoms with Crippen molar-refractivity contribution in [2.75, 3.05) is 19.7 Å². The van der Waals surface area contributed by atoms with Crippen molar-refractivity contribution in [2.24, 2.45) is 5.92 Å². The van der Waals surface area contributed by atoms with Crippen molar-refractivity contribution in [1.29, 1.82) is 0 Å². The average molecular weight is 542 g/mol. The molecule has 1 aliphatic heterocycles. The molecule has 4 rings (SSSR count). The quantitative estimate of drug-likeness (QED) is 0.344. The average Bonchev–Trinajstić information content (AvgIpc) is 2.85. The lowest BCUT2D eigenvalue weighted by Gasteiger charge is -2.40. The first kappa shape index (κ1) is 28.2. The van der Waals surface area contributed by atoms with Crippen LogP contribution >= 0.6 is 0 Å². The Morgan fingerprint density at radius 1 is 1.16 bits per heavy atom. The summed E-state index contributed by atoms with van der Waals surface area (Å²) in [5.41, 5.74) is 5.83. The number of aromatic nitrogens is 1. The lowest BCUT2D eigenvalue weighted by molar-refractivity contribution is -0.152. The molecule has 1 aromatic carbocycles. The Morgan fingerprint density at radius 3 is 2.55 bits per heavy atom. The van der Waals surface area contributed by atoms with Crippen LogP contribution in [0.25, 0.3) is 0 Å². The van der Waals surface area contributed by atoms with Crippen LogP contribution in [-0.4, -0.2) is 55.9 Å². The van der Waals surface area contributed by atoms with Gasteiger partial charge in [0, 0.05) is 24.5 Å². The number of rotatable bonds is 11. The molecule has 38 heavy (non-hydrogen) atoms. The number of amides is 1. The molecule has 2 aliphatic rings. The van der Waals surface area contributed by atoms with Crippen LogP contribution in [0, 0.1) is 26.7 Å². The van der Waals surface area contributed by atoms with E-state index in [0.717, 1.165) is 43.4 Å². The van der Waals surface area contributed by atoms with Crippen LogP contribution in [0.2, 0.25) is 0 Å². The smallest absolute Gasteiger partial charge is 0.326 e. The number of aryl methyl sites for hydroxylation is 6. The van der Waals surface area contributed by atoms with Crippen molar-refractivity contribution < 1.29 is 22.7 Å². The highest BCUT2D eigenvalue weighted by Crippen LogP contribution is 2.26. The summed E-state index contributed by atoms with van der Waals surface area (Å²) in [6, 6.07) is 6.72. The molecule has 1 amide bonds. The summed E-state index contributed by atoms with van der Waals surface area (Å²) in [4.78, 5) is 32.1. The normalized spacial score (nSPS) is 18.1.